The minimum Gasteiger partial charge on any atom is -0.396 e. The molecule has 1 aromatic carbocycles. The zero-order chi connectivity index (χ0) is 11.5. The van der Waals surface area contributed by atoms with Crippen LogP contribution in [0, 0.1) is 0 Å². The van der Waals surface area contributed by atoms with Gasteiger partial charge in [-0.3, -0.25) is 0 Å². The van der Waals surface area contributed by atoms with Crippen molar-refractivity contribution in [2.45, 2.75) is 0 Å². The molecule has 16 heavy (non-hydrogen) atoms. The summed E-state index contributed by atoms with van der Waals surface area (Å²) < 4.78 is 0. The highest BCUT2D eigenvalue weighted by molar-refractivity contribution is 5.66. The first kappa shape index (κ1) is 10.3. The lowest BCUT2D eigenvalue weighted by atomic mass is 10.3. The summed E-state index contributed by atoms with van der Waals surface area (Å²) in [6.45, 7) is 0. The third kappa shape index (κ3) is 1.91. The topological polar surface area (TPSA) is 68.2 Å². The second-order valence-corrected chi connectivity index (χ2v) is 3.54. The molecule has 0 bridgehead atoms. The molecular formula is C12H14N4. The largest absolute Gasteiger partial charge is 0.396 e. The number of aromatic nitrogens is 1. The third-order valence-corrected chi connectivity index (χ3v) is 2.43. The predicted molar refractivity (Wildman–Crippen MR) is 67.6 cm³/mol. The van der Waals surface area contributed by atoms with E-state index in [0.29, 0.717) is 11.5 Å². The van der Waals surface area contributed by atoms with E-state index in [1.165, 1.54) is 0 Å². The van der Waals surface area contributed by atoms with Gasteiger partial charge >= 0.3 is 0 Å². The summed E-state index contributed by atoms with van der Waals surface area (Å²) in [7, 11) is 1.94. The minimum absolute atomic E-state index is 0.361. The summed E-state index contributed by atoms with van der Waals surface area (Å²) in [5.74, 6) is 1.14. The van der Waals surface area contributed by atoms with Crippen molar-refractivity contribution in [3.63, 3.8) is 0 Å². The van der Waals surface area contributed by atoms with Crippen molar-refractivity contribution in [3.05, 3.63) is 42.5 Å². The zero-order valence-electron chi connectivity index (χ0n) is 9.09. The van der Waals surface area contributed by atoms with E-state index in [1.807, 2.05) is 48.3 Å². The number of pyridine rings is 1. The van der Waals surface area contributed by atoms with Crippen molar-refractivity contribution >= 4 is 23.0 Å². The van der Waals surface area contributed by atoms with Gasteiger partial charge in [0, 0.05) is 12.7 Å². The fraction of sp³-hybridized carbons (Fsp3) is 0.0833. The highest BCUT2D eigenvalue weighted by Crippen LogP contribution is 2.23. The van der Waals surface area contributed by atoms with Crippen LogP contribution in [0.3, 0.4) is 0 Å². The average Bonchev–Trinajstić information content (AvgIpc) is 2.33. The van der Waals surface area contributed by atoms with Gasteiger partial charge in [0.1, 0.15) is 11.6 Å². The second kappa shape index (κ2) is 4.10. The molecule has 4 nitrogen and oxygen atoms in total. The van der Waals surface area contributed by atoms with E-state index in [4.69, 9.17) is 11.5 Å². The number of hydrogen-bond donors (Lipinski definition) is 2. The van der Waals surface area contributed by atoms with Gasteiger partial charge in [-0.1, -0.05) is 18.2 Å². The van der Waals surface area contributed by atoms with Crippen molar-refractivity contribution in [2.24, 2.45) is 0 Å². The Kier molecular flexibility index (Phi) is 2.64. The Bertz CT molecular complexity index is 482. The average molecular weight is 214 g/mol. The van der Waals surface area contributed by atoms with Gasteiger partial charge in [-0.2, -0.15) is 0 Å². The van der Waals surface area contributed by atoms with Gasteiger partial charge in [0.2, 0.25) is 0 Å². The first-order valence-corrected chi connectivity index (χ1v) is 4.99. The normalized spacial score (nSPS) is 10.1. The van der Waals surface area contributed by atoms with Crippen molar-refractivity contribution in [2.75, 3.05) is 23.4 Å². The lowest BCUT2D eigenvalue weighted by molar-refractivity contribution is 1.13. The van der Waals surface area contributed by atoms with Crippen LogP contribution in [-0.4, -0.2) is 12.0 Å². The number of rotatable bonds is 2. The zero-order valence-corrected chi connectivity index (χ0v) is 9.09. The van der Waals surface area contributed by atoms with Crippen LogP contribution in [0.15, 0.2) is 42.5 Å². The summed E-state index contributed by atoms with van der Waals surface area (Å²) in [6.07, 6.45) is 0. The van der Waals surface area contributed by atoms with Gasteiger partial charge in [-0.15, -0.1) is 0 Å². The van der Waals surface area contributed by atoms with E-state index in [0.717, 1.165) is 11.5 Å². The van der Waals surface area contributed by atoms with Crippen LogP contribution in [0.5, 0.6) is 0 Å². The Morgan fingerprint density at radius 2 is 1.69 bits per heavy atom. The van der Waals surface area contributed by atoms with Crippen LogP contribution in [0.25, 0.3) is 0 Å². The van der Waals surface area contributed by atoms with Crippen molar-refractivity contribution in [3.8, 4) is 0 Å². The molecule has 0 aliphatic heterocycles. The van der Waals surface area contributed by atoms with Crippen LogP contribution in [0.4, 0.5) is 23.0 Å². The summed E-state index contributed by atoms with van der Waals surface area (Å²) in [5, 5.41) is 0. The molecule has 2 rings (SSSR count). The molecule has 1 heterocycles. The molecule has 82 valence electrons. The SMILES string of the molecule is CN(c1ccccc1)c1ccc(N)c(N)n1. The minimum atomic E-state index is 0.361. The molecule has 0 atom stereocenters. The molecule has 0 fully saturated rings. The number of para-hydroxylation sites is 1. The molecular weight excluding hydrogens is 200 g/mol. The van der Waals surface area contributed by atoms with Crippen molar-refractivity contribution in [1.82, 2.24) is 4.98 Å². The summed E-state index contributed by atoms with van der Waals surface area (Å²) in [4.78, 5) is 6.18. The maximum Gasteiger partial charge on any atom is 0.149 e. The van der Waals surface area contributed by atoms with E-state index in [9.17, 15) is 0 Å². The number of nitrogens with two attached hydrogens (primary N) is 2. The van der Waals surface area contributed by atoms with E-state index in [-0.39, 0.29) is 0 Å². The quantitative estimate of drug-likeness (QED) is 0.802. The molecule has 4 N–H and O–H groups in total. The van der Waals surface area contributed by atoms with Gasteiger partial charge in [0.05, 0.1) is 5.69 Å². The molecule has 1 aromatic heterocycles. The fourth-order valence-corrected chi connectivity index (χ4v) is 1.45. The van der Waals surface area contributed by atoms with Gasteiger partial charge < -0.3 is 16.4 Å². The van der Waals surface area contributed by atoms with Crippen LogP contribution in [0.2, 0.25) is 0 Å². The Hall–Kier alpha value is -2.23. The molecule has 0 aliphatic rings. The van der Waals surface area contributed by atoms with Crippen LogP contribution >= 0.6 is 0 Å². The highest BCUT2D eigenvalue weighted by Gasteiger charge is 2.06. The molecule has 0 saturated carbocycles. The standard InChI is InChI=1S/C12H14N4/c1-16(9-5-3-2-4-6-9)11-8-7-10(13)12(14)15-11/h2-8H,13H2,1H3,(H2,14,15). The second-order valence-electron chi connectivity index (χ2n) is 3.54. The number of nitrogens with zero attached hydrogens (tertiary/aromatic N) is 2. The number of hydrogen-bond acceptors (Lipinski definition) is 4. The van der Waals surface area contributed by atoms with Crippen LogP contribution in [-0.2, 0) is 0 Å². The number of nitrogen functional groups attached to an aromatic ring is 2. The molecule has 0 unspecified atom stereocenters. The number of anilines is 4. The summed E-state index contributed by atoms with van der Waals surface area (Å²) in [6, 6.07) is 13.6. The summed E-state index contributed by atoms with van der Waals surface area (Å²) >= 11 is 0. The Labute approximate surface area is 94.5 Å². The monoisotopic (exact) mass is 214 g/mol. The van der Waals surface area contributed by atoms with Crippen LogP contribution in [0.1, 0.15) is 0 Å². The van der Waals surface area contributed by atoms with E-state index >= 15 is 0 Å². The maximum atomic E-state index is 5.67. The van der Waals surface area contributed by atoms with Gasteiger partial charge in [-0.05, 0) is 24.3 Å². The van der Waals surface area contributed by atoms with Crippen LogP contribution < -0.4 is 16.4 Å². The predicted octanol–water partition coefficient (Wildman–Crippen LogP) is 2.01. The van der Waals surface area contributed by atoms with E-state index < -0.39 is 0 Å². The molecule has 2 aromatic rings. The summed E-state index contributed by atoms with van der Waals surface area (Å²) in [5.41, 5.74) is 12.9. The Morgan fingerprint density at radius 1 is 1.00 bits per heavy atom. The van der Waals surface area contributed by atoms with E-state index in [1.54, 1.807) is 6.07 Å². The Balaban J connectivity index is 2.34. The lowest BCUT2D eigenvalue weighted by Crippen LogP contribution is -2.12. The number of benzene rings is 1. The molecule has 0 aliphatic carbocycles. The molecule has 0 spiro atoms. The molecule has 0 saturated heterocycles. The maximum absolute atomic E-state index is 5.67. The first-order chi connectivity index (χ1) is 7.68. The lowest BCUT2D eigenvalue weighted by Gasteiger charge is -2.18. The molecule has 4 heteroatoms. The Morgan fingerprint density at radius 3 is 2.31 bits per heavy atom. The molecule has 0 amide bonds. The third-order valence-electron chi connectivity index (χ3n) is 2.43. The van der Waals surface area contributed by atoms with E-state index in [2.05, 4.69) is 4.98 Å². The van der Waals surface area contributed by atoms with Gasteiger partial charge in [-0.25, -0.2) is 4.98 Å². The molecule has 0 radical (unpaired) electrons. The fourth-order valence-electron chi connectivity index (χ4n) is 1.45. The van der Waals surface area contributed by atoms with Gasteiger partial charge in [0.25, 0.3) is 0 Å². The smallest absolute Gasteiger partial charge is 0.149 e. The first-order valence-electron chi connectivity index (χ1n) is 4.99. The van der Waals surface area contributed by atoms with Crippen molar-refractivity contribution in [1.29, 1.82) is 0 Å². The highest BCUT2D eigenvalue weighted by atomic mass is 15.2. The van der Waals surface area contributed by atoms with Crippen molar-refractivity contribution < 1.29 is 0 Å². The van der Waals surface area contributed by atoms with Gasteiger partial charge in [0.15, 0.2) is 0 Å².